The highest BCUT2D eigenvalue weighted by atomic mass is 35.5. The van der Waals surface area contributed by atoms with Crippen LogP contribution in [0.5, 0.6) is 5.75 Å². The molecule has 5 heteroatoms. The van der Waals surface area contributed by atoms with Gasteiger partial charge in [-0.15, -0.1) is 0 Å². The fourth-order valence-electron chi connectivity index (χ4n) is 3.05. The third kappa shape index (κ3) is 5.39. The highest BCUT2D eigenvalue weighted by Gasteiger charge is 2.19. The molecule has 0 spiro atoms. The summed E-state index contributed by atoms with van der Waals surface area (Å²) in [5.74, 6) is 0.410. The minimum Gasteiger partial charge on any atom is -0.491 e. The average Bonchev–Trinajstić information content (AvgIpc) is 2.63. The van der Waals surface area contributed by atoms with Gasteiger partial charge in [0.05, 0.1) is 17.9 Å². The minimum absolute atomic E-state index is 0.339. The molecule has 2 aromatic carbocycles. The van der Waals surface area contributed by atoms with Crippen molar-refractivity contribution in [2.45, 2.75) is 52.2 Å². The van der Waals surface area contributed by atoms with Gasteiger partial charge in [0.1, 0.15) is 11.4 Å². The van der Waals surface area contributed by atoms with Gasteiger partial charge in [-0.2, -0.15) is 0 Å². The van der Waals surface area contributed by atoms with Crippen LogP contribution in [0.3, 0.4) is 0 Å². The Labute approximate surface area is 165 Å². The Morgan fingerprint density at radius 1 is 1.11 bits per heavy atom. The highest BCUT2D eigenvalue weighted by Crippen LogP contribution is 2.29. The Morgan fingerprint density at radius 2 is 1.93 bits per heavy atom. The van der Waals surface area contributed by atoms with Crippen molar-refractivity contribution in [3.05, 3.63) is 58.1 Å². The fourth-order valence-corrected chi connectivity index (χ4v) is 3.24. The van der Waals surface area contributed by atoms with Crippen molar-refractivity contribution in [3.63, 3.8) is 0 Å². The van der Waals surface area contributed by atoms with Gasteiger partial charge in [0.15, 0.2) is 0 Å². The Kier molecular flexibility index (Phi) is 5.95. The molecule has 4 nitrogen and oxygen atoms in total. The number of rotatable bonds is 1. The second-order valence-corrected chi connectivity index (χ2v) is 8.22. The van der Waals surface area contributed by atoms with Crippen molar-refractivity contribution >= 4 is 23.3 Å². The maximum Gasteiger partial charge on any atom is 0.338 e. The summed E-state index contributed by atoms with van der Waals surface area (Å²) in [6, 6.07) is 11.4. The molecule has 144 valence electrons. The van der Waals surface area contributed by atoms with Crippen LogP contribution in [0.2, 0.25) is 5.02 Å². The molecular weight excluding hydrogens is 362 g/mol. The summed E-state index contributed by atoms with van der Waals surface area (Å²) < 4.78 is 11.4. The van der Waals surface area contributed by atoms with Gasteiger partial charge in [-0.05, 0) is 81.5 Å². The molecular formula is C22H26ClNO3. The average molecular weight is 388 g/mol. The summed E-state index contributed by atoms with van der Waals surface area (Å²) in [5.41, 5.74) is 3.22. The van der Waals surface area contributed by atoms with Crippen molar-refractivity contribution in [3.8, 4) is 5.75 Å². The van der Waals surface area contributed by atoms with Gasteiger partial charge >= 0.3 is 5.97 Å². The van der Waals surface area contributed by atoms with Gasteiger partial charge in [-0.25, -0.2) is 4.79 Å². The van der Waals surface area contributed by atoms with Crippen molar-refractivity contribution in [2.75, 3.05) is 11.9 Å². The Balaban J connectivity index is 1.88. The SMILES string of the molecule is CC(C)(C)OC(=O)c1ccc2c(c1)NCc1ccc(Cl)cc1CCCCO2. The smallest absolute Gasteiger partial charge is 0.338 e. The summed E-state index contributed by atoms with van der Waals surface area (Å²) in [5, 5.41) is 4.18. The second-order valence-electron chi connectivity index (χ2n) is 7.78. The third-order valence-corrected chi connectivity index (χ3v) is 4.58. The van der Waals surface area contributed by atoms with E-state index in [-0.39, 0.29) is 5.97 Å². The normalized spacial score (nSPS) is 14.7. The molecule has 1 N–H and O–H groups in total. The van der Waals surface area contributed by atoms with E-state index in [2.05, 4.69) is 11.4 Å². The van der Waals surface area contributed by atoms with E-state index in [4.69, 9.17) is 21.1 Å². The Morgan fingerprint density at radius 3 is 2.70 bits per heavy atom. The largest absolute Gasteiger partial charge is 0.491 e. The quantitative estimate of drug-likeness (QED) is 0.645. The molecule has 0 bridgehead atoms. The predicted octanol–water partition coefficient (Wildman–Crippen LogP) is 5.62. The van der Waals surface area contributed by atoms with Crippen LogP contribution < -0.4 is 10.1 Å². The number of benzene rings is 2. The lowest BCUT2D eigenvalue weighted by atomic mass is 10.0. The zero-order chi connectivity index (χ0) is 19.4. The first-order chi connectivity index (χ1) is 12.8. The van der Waals surface area contributed by atoms with Crippen LogP contribution >= 0.6 is 11.6 Å². The van der Waals surface area contributed by atoms with E-state index in [1.165, 1.54) is 11.1 Å². The molecule has 0 unspecified atom stereocenters. The van der Waals surface area contributed by atoms with Crippen LogP contribution in [0, 0.1) is 0 Å². The summed E-state index contributed by atoms with van der Waals surface area (Å²) in [7, 11) is 0. The number of hydrogen-bond donors (Lipinski definition) is 1. The zero-order valence-electron chi connectivity index (χ0n) is 16.1. The number of carbonyl (C=O) groups is 1. The lowest BCUT2D eigenvalue weighted by Crippen LogP contribution is -2.24. The van der Waals surface area contributed by atoms with E-state index in [9.17, 15) is 4.79 Å². The molecule has 1 aliphatic heterocycles. The molecule has 0 radical (unpaired) electrons. The van der Waals surface area contributed by atoms with Gasteiger partial charge in [-0.3, -0.25) is 0 Å². The molecule has 1 aliphatic rings. The van der Waals surface area contributed by atoms with E-state index < -0.39 is 5.60 Å². The van der Waals surface area contributed by atoms with E-state index in [0.717, 1.165) is 35.7 Å². The van der Waals surface area contributed by atoms with Crippen molar-refractivity contribution in [2.24, 2.45) is 0 Å². The highest BCUT2D eigenvalue weighted by molar-refractivity contribution is 6.30. The molecule has 3 rings (SSSR count). The van der Waals surface area contributed by atoms with E-state index in [0.29, 0.717) is 18.7 Å². The number of hydrogen-bond acceptors (Lipinski definition) is 4. The van der Waals surface area contributed by atoms with Gasteiger partial charge < -0.3 is 14.8 Å². The van der Waals surface area contributed by atoms with Crippen LogP contribution in [0.15, 0.2) is 36.4 Å². The van der Waals surface area contributed by atoms with Crippen LogP contribution in [0.1, 0.15) is 55.1 Å². The second kappa shape index (κ2) is 8.22. The van der Waals surface area contributed by atoms with Gasteiger partial charge in [-0.1, -0.05) is 17.7 Å². The summed E-state index contributed by atoms with van der Waals surface area (Å²) in [6.07, 6.45) is 2.97. The first-order valence-corrected chi connectivity index (χ1v) is 9.71. The summed E-state index contributed by atoms with van der Waals surface area (Å²) in [4.78, 5) is 12.4. The minimum atomic E-state index is -0.531. The number of fused-ring (bicyclic) bond motifs is 2. The van der Waals surface area contributed by atoms with E-state index in [1.54, 1.807) is 12.1 Å². The number of aryl methyl sites for hydroxylation is 1. The van der Waals surface area contributed by atoms with E-state index >= 15 is 0 Å². The molecule has 0 aliphatic carbocycles. The molecule has 0 fully saturated rings. The molecule has 2 aromatic rings. The molecule has 27 heavy (non-hydrogen) atoms. The first kappa shape index (κ1) is 19.6. The van der Waals surface area contributed by atoms with E-state index in [1.807, 2.05) is 39.0 Å². The lowest BCUT2D eigenvalue weighted by Gasteiger charge is -2.20. The van der Waals surface area contributed by atoms with Crippen LogP contribution in [-0.2, 0) is 17.7 Å². The predicted molar refractivity (Wildman–Crippen MR) is 109 cm³/mol. The summed E-state index contributed by atoms with van der Waals surface area (Å²) >= 11 is 6.17. The maximum atomic E-state index is 12.4. The number of ether oxygens (including phenoxy) is 2. The van der Waals surface area contributed by atoms with Gasteiger partial charge in [0, 0.05) is 11.6 Å². The van der Waals surface area contributed by atoms with Crippen molar-refractivity contribution in [1.82, 2.24) is 0 Å². The van der Waals surface area contributed by atoms with Crippen molar-refractivity contribution in [1.29, 1.82) is 0 Å². The number of anilines is 1. The number of carbonyl (C=O) groups excluding carboxylic acids is 1. The number of esters is 1. The third-order valence-electron chi connectivity index (χ3n) is 4.35. The fraction of sp³-hybridized carbons (Fsp3) is 0.409. The molecule has 0 saturated heterocycles. The van der Waals surface area contributed by atoms with Crippen LogP contribution in [0.25, 0.3) is 0 Å². The standard InChI is InChI=1S/C22H26ClNO3/c1-22(2,3)27-21(25)16-8-10-20-19(13-16)24-14-17-7-9-18(23)12-15(17)6-4-5-11-26-20/h7-10,12-13,24H,4-6,11,14H2,1-3H3. The zero-order valence-corrected chi connectivity index (χ0v) is 16.9. The van der Waals surface area contributed by atoms with Crippen molar-refractivity contribution < 1.29 is 14.3 Å². The lowest BCUT2D eigenvalue weighted by molar-refractivity contribution is 0.00696. The maximum absolute atomic E-state index is 12.4. The van der Waals surface area contributed by atoms with Crippen LogP contribution in [0.4, 0.5) is 5.69 Å². The molecule has 0 saturated carbocycles. The number of halogens is 1. The molecule has 0 amide bonds. The summed E-state index contributed by atoms with van der Waals surface area (Å²) in [6.45, 7) is 6.86. The van der Waals surface area contributed by atoms with Gasteiger partial charge in [0.2, 0.25) is 0 Å². The van der Waals surface area contributed by atoms with Gasteiger partial charge in [0.25, 0.3) is 0 Å². The molecule has 0 atom stereocenters. The molecule has 0 aromatic heterocycles. The topological polar surface area (TPSA) is 47.6 Å². The Hall–Kier alpha value is -2.20. The van der Waals surface area contributed by atoms with Crippen LogP contribution in [-0.4, -0.2) is 18.2 Å². The first-order valence-electron chi connectivity index (χ1n) is 9.33. The molecule has 1 heterocycles. The monoisotopic (exact) mass is 387 g/mol. The number of nitrogens with one attached hydrogen (secondary N) is 1. The Bertz CT molecular complexity index is 827.